The molecule has 1 N–H and O–H groups in total. The van der Waals surface area contributed by atoms with Crippen LogP contribution in [0.1, 0.15) is 11.1 Å². The summed E-state index contributed by atoms with van der Waals surface area (Å²) in [7, 11) is -1.26. The van der Waals surface area contributed by atoms with Gasteiger partial charge in [0, 0.05) is 30.1 Å². The Bertz CT molecular complexity index is 1630. The predicted octanol–water partition coefficient (Wildman–Crippen LogP) is 5.58. The lowest BCUT2D eigenvalue weighted by Crippen LogP contribution is -2.53. The molecule has 0 spiro atoms. The highest BCUT2D eigenvalue weighted by molar-refractivity contribution is 7.92. The van der Waals surface area contributed by atoms with Crippen molar-refractivity contribution in [1.82, 2.24) is 10.2 Å². The number of sulfonamides is 1. The molecule has 11 heteroatoms. The standard InChI is InChI=1S/C32H31Cl2N3O5S/c1-35-32(39)30(20-23-6-4-3-5-7-23)36(21-24-8-10-25(33)11-9-24)31(38)22-37(27-14-12-26(34)13-15-27)43(40,41)29-18-16-28(42-2)17-19-29/h3-19,30H,20-22H2,1-2H3,(H,35,39)/t30-/m0/s1. The van der Waals surface area contributed by atoms with Crippen molar-refractivity contribution in [3.05, 3.63) is 124 Å². The van der Waals surface area contributed by atoms with E-state index >= 15 is 0 Å². The molecule has 0 aliphatic rings. The number of halogens is 2. The number of likely N-dealkylation sites (N-methyl/N-ethyl adjacent to an activating group) is 1. The first-order chi connectivity index (χ1) is 20.6. The first-order valence-electron chi connectivity index (χ1n) is 13.3. The second-order valence-corrected chi connectivity index (χ2v) is 12.4. The van der Waals surface area contributed by atoms with Crippen molar-refractivity contribution in [2.24, 2.45) is 0 Å². The smallest absolute Gasteiger partial charge is 0.264 e. The van der Waals surface area contributed by atoms with E-state index in [9.17, 15) is 18.0 Å². The number of carbonyl (C=O) groups is 2. The Morgan fingerprint density at radius 2 is 1.40 bits per heavy atom. The van der Waals surface area contributed by atoms with Gasteiger partial charge in [-0.05, 0) is 71.8 Å². The Labute approximate surface area is 261 Å². The highest BCUT2D eigenvalue weighted by Crippen LogP contribution is 2.27. The van der Waals surface area contributed by atoms with Crippen LogP contribution in [0.3, 0.4) is 0 Å². The molecule has 0 heterocycles. The highest BCUT2D eigenvalue weighted by atomic mass is 35.5. The van der Waals surface area contributed by atoms with Crippen molar-refractivity contribution < 1.29 is 22.7 Å². The van der Waals surface area contributed by atoms with Crippen molar-refractivity contribution in [1.29, 1.82) is 0 Å². The van der Waals surface area contributed by atoms with Crippen LogP contribution in [0.5, 0.6) is 5.75 Å². The molecular weight excluding hydrogens is 609 g/mol. The van der Waals surface area contributed by atoms with Crippen molar-refractivity contribution in [2.75, 3.05) is 25.0 Å². The Balaban J connectivity index is 1.77. The maximum atomic E-state index is 14.3. The zero-order chi connectivity index (χ0) is 31.0. The molecule has 4 aromatic carbocycles. The molecule has 0 fully saturated rings. The fraction of sp³-hybridized carbons (Fsp3) is 0.188. The Kier molecular flexibility index (Phi) is 10.7. The van der Waals surface area contributed by atoms with E-state index in [-0.39, 0.29) is 29.5 Å². The van der Waals surface area contributed by atoms with Gasteiger partial charge in [-0.3, -0.25) is 13.9 Å². The Morgan fingerprint density at radius 1 is 0.814 bits per heavy atom. The van der Waals surface area contributed by atoms with Gasteiger partial charge in [-0.2, -0.15) is 0 Å². The summed E-state index contributed by atoms with van der Waals surface area (Å²) < 4.78 is 34.2. The first-order valence-corrected chi connectivity index (χ1v) is 15.5. The van der Waals surface area contributed by atoms with E-state index in [1.807, 2.05) is 30.3 Å². The molecule has 2 amide bonds. The molecular formula is C32H31Cl2N3O5S. The molecule has 4 rings (SSSR count). The third-order valence-corrected chi connectivity index (χ3v) is 9.12. The maximum absolute atomic E-state index is 14.3. The average molecular weight is 641 g/mol. The van der Waals surface area contributed by atoms with Crippen LogP contribution in [-0.2, 0) is 32.6 Å². The summed E-state index contributed by atoms with van der Waals surface area (Å²) in [4.78, 5) is 28.9. The molecule has 224 valence electrons. The Morgan fingerprint density at radius 3 is 1.95 bits per heavy atom. The zero-order valence-corrected chi connectivity index (χ0v) is 25.9. The molecule has 0 saturated carbocycles. The molecule has 0 saturated heterocycles. The minimum atomic E-state index is -4.24. The molecule has 0 bridgehead atoms. The summed E-state index contributed by atoms with van der Waals surface area (Å²) in [5, 5.41) is 3.59. The van der Waals surface area contributed by atoms with Crippen LogP contribution in [0, 0.1) is 0 Å². The summed E-state index contributed by atoms with van der Waals surface area (Å²) in [6.07, 6.45) is 0.214. The number of benzene rings is 4. The molecule has 8 nitrogen and oxygen atoms in total. The van der Waals surface area contributed by atoms with Gasteiger partial charge in [-0.1, -0.05) is 65.7 Å². The van der Waals surface area contributed by atoms with E-state index in [4.69, 9.17) is 27.9 Å². The fourth-order valence-corrected chi connectivity index (χ4v) is 6.18. The number of hydrogen-bond acceptors (Lipinski definition) is 5. The highest BCUT2D eigenvalue weighted by Gasteiger charge is 2.34. The van der Waals surface area contributed by atoms with E-state index in [2.05, 4.69) is 5.32 Å². The molecule has 0 unspecified atom stereocenters. The van der Waals surface area contributed by atoms with Gasteiger partial charge in [-0.15, -0.1) is 0 Å². The van der Waals surface area contributed by atoms with Crippen LogP contribution < -0.4 is 14.4 Å². The van der Waals surface area contributed by atoms with Crippen molar-refractivity contribution >= 4 is 50.7 Å². The predicted molar refractivity (Wildman–Crippen MR) is 169 cm³/mol. The molecule has 0 aromatic heterocycles. The van der Waals surface area contributed by atoms with Gasteiger partial charge < -0.3 is 15.0 Å². The lowest BCUT2D eigenvalue weighted by atomic mass is 10.0. The number of nitrogens with one attached hydrogen (secondary N) is 1. The second kappa shape index (κ2) is 14.4. The number of carbonyl (C=O) groups excluding carboxylic acids is 2. The molecule has 1 atom stereocenters. The fourth-order valence-electron chi connectivity index (χ4n) is 4.52. The van der Waals surface area contributed by atoms with E-state index in [0.717, 1.165) is 15.4 Å². The van der Waals surface area contributed by atoms with Crippen molar-refractivity contribution in [2.45, 2.75) is 23.9 Å². The zero-order valence-electron chi connectivity index (χ0n) is 23.6. The third kappa shape index (κ3) is 8.07. The third-order valence-electron chi connectivity index (χ3n) is 6.82. The number of ether oxygens (including phenoxy) is 1. The van der Waals surface area contributed by atoms with Crippen molar-refractivity contribution in [3.8, 4) is 5.75 Å². The van der Waals surface area contributed by atoms with Crippen LogP contribution in [0.4, 0.5) is 5.69 Å². The van der Waals surface area contributed by atoms with Crippen LogP contribution in [-0.4, -0.2) is 51.9 Å². The second-order valence-electron chi connectivity index (χ2n) is 9.63. The van der Waals surface area contributed by atoms with Crippen LogP contribution >= 0.6 is 23.2 Å². The molecule has 0 radical (unpaired) electrons. The van der Waals surface area contributed by atoms with E-state index in [0.29, 0.717) is 15.8 Å². The van der Waals surface area contributed by atoms with E-state index in [1.165, 1.54) is 55.5 Å². The van der Waals surface area contributed by atoms with Gasteiger partial charge in [0.25, 0.3) is 10.0 Å². The average Bonchev–Trinajstić information content (AvgIpc) is 3.03. The van der Waals surface area contributed by atoms with E-state index in [1.54, 1.807) is 36.4 Å². The van der Waals surface area contributed by atoms with Crippen LogP contribution in [0.15, 0.2) is 108 Å². The van der Waals surface area contributed by atoms with Gasteiger partial charge in [-0.25, -0.2) is 8.42 Å². The summed E-state index contributed by atoms with van der Waals surface area (Å²) in [5.74, 6) is -0.481. The minimum Gasteiger partial charge on any atom is -0.497 e. The van der Waals surface area contributed by atoms with Crippen molar-refractivity contribution in [3.63, 3.8) is 0 Å². The molecule has 43 heavy (non-hydrogen) atoms. The number of methoxy groups -OCH3 is 1. The summed E-state index contributed by atoms with van der Waals surface area (Å²) in [6, 6.07) is 27.3. The number of amides is 2. The first kappa shape index (κ1) is 31.9. The minimum absolute atomic E-state index is 0.0348. The molecule has 4 aromatic rings. The monoisotopic (exact) mass is 639 g/mol. The lowest BCUT2D eigenvalue weighted by Gasteiger charge is -2.33. The summed E-state index contributed by atoms with van der Waals surface area (Å²) >= 11 is 12.2. The summed E-state index contributed by atoms with van der Waals surface area (Å²) in [5.41, 5.74) is 1.79. The maximum Gasteiger partial charge on any atom is 0.264 e. The van der Waals surface area contributed by atoms with E-state index < -0.39 is 28.5 Å². The SMILES string of the molecule is CNC(=O)[C@H](Cc1ccccc1)N(Cc1ccc(Cl)cc1)C(=O)CN(c1ccc(Cl)cc1)S(=O)(=O)c1ccc(OC)cc1. The number of nitrogens with zero attached hydrogens (tertiary/aromatic N) is 2. The number of hydrogen-bond donors (Lipinski definition) is 1. The largest absolute Gasteiger partial charge is 0.497 e. The van der Waals surface area contributed by atoms with Gasteiger partial charge in [0.1, 0.15) is 18.3 Å². The molecule has 0 aliphatic heterocycles. The summed E-state index contributed by atoms with van der Waals surface area (Å²) in [6.45, 7) is -0.538. The van der Waals surface area contributed by atoms with Crippen LogP contribution in [0.2, 0.25) is 10.0 Å². The number of rotatable bonds is 12. The molecule has 0 aliphatic carbocycles. The van der Waals surface area contributed by atoms with Gasteiger partial charge >= 0.3 is 0 Å². The van der Waals surface area contributed by atoms with Gasteiger partial charge in [0.2, 0.25) is 11.8 Å². The lowest BCUT2D eigenvalue weighted by molar-refractivity contribution is -0.139. The number of anilines is 1. The van der Waals surface area contributed by atoms with Gasteiger partial charge in [0.15, 0.2) is 0 Å². The van der Waals surface area contributed by atoms with Crippen LogP contribution in [0.25, 0.3) is 0 Å². The Hall–Kier alpha value is -4.05. The van der Waals surface area contributed by atoms with Gasteiger partial charge in [0.05, 0.1) is 17.7 Å². The quantitative estimate of drug-likeness (QED) is 0.218. The normalized spacial score (nSPS) is 11.8. The topological polar surface area (TPSA) is 96.0 Å².